The van der Waals surface area contributed by atoms with Crippen LogP contribution in [0.5, 0.6) is 0 Å². The number of amides is 1. The standard InChI is InChI=1S/C23H31N3O3S/c1-4-26(5-2)30(28,29)22-13-11-20(12-14-22)23(27)24-21-15-16-25(17-21)18(3)19-9-7-6-8-10-19/h6-14,18,21H,4-5,15-17H2,1-3H3,(H,24,27). The topological polar surface area (TPSA) is 69.7 Å². The molecule has 2 unspecified atom stereocenters. The van der Waals surface area contributed by atoms with Crippen molar-refractivity contribution in [1.29, 1.82) is 0 Å². The molecule has 2 atom stereocenters. The van der Waals surface area contributed by atoms with Gasteiger partial charge < -0.3 is 5.32 Å². The third kappa shape index (κ3) is 4.91. The van der Waals surface area contributed by atoms with E-state index in [0.717, 1.165) is 19.5 Å². The summed E-state index contributed by atoms with van der Waals surface area (Å²) in [6, 6.07) is 17.0. The molecule has 0 aliphatic carbocycles. The van der Waals surface area contributed by atoms with E-state index in [4.69, 9.17) is 0 Å². The summed E-state index contributed by atoms with van der Waals surface area (Å²) in [5.41, 5.74) is 1.75. The fourth-order valence-corrected chi connectivity index (χ4v) is 5.42. The van der Waals surface area contributed by atoms with Crippen LogP contribution in [0.3, 0.4) is 0 Å². The van der Waals surface area contributed by atoms with E-state index >= 15 is 0 Å². The molecular weight excluding hydrogens is 398 g/mol. The van der Waals surface area contributed by atoms with Gasteiger partial charge in [0.15, 0.2) is 0 Å². The average Bonchev–Trinajstić information content (AvgIpc) is 3.23. The van der Waals surface area contributed by atoms with Crippen LogP contribution in [-0.2, 0) is 10.0 Å². The van der Waals surface area contributed by atoms with Crippen molar-refractivity contribution < 1.29 is 13.2 Å². The molecule has 1 aliphatic heterocycles. The van der Waals surface area contributed by atoms with Gasteiger partial charge in [-0.25, -0.2) is 8.42 Å². The maximum absolute atomic E-state index is 12.7. The van der Waals surface area contributed by atoms with Gasteiger partial charge in [0, 0.05) is 43.8 Å². The first kappa shape index (κ1) is 22.5. The zero-order valence-corrected chi connectivity index (χ0v) is 18.7. The summed E-state index contributed by atoms with van der Waals surface area (Å²) in [5.74, 6) is -0.166. The lowest BCUT2D eigenvalue weighted by molar-refractivity contribution is 0.0936. The lowest BCUT2D eigenvalue weighted by Crippen LogP contribution is -2.37. The van der Waals surface area contributed by atoms with Gasteiger partial charge in [0.25, 0.3) is 5.91 Å². The normalized spacial score (nSPS) is 18.5. The molecule has 0 radical (unpaired) electrons. The molecule has 0 aromatic heterocycles. The van der Waals surface area contributed by atoms with Gasteiger partial charge in [0.1, 0.15) is 0 Å². The summed E-state index contributed by atoms with van der Waals surface area (Å²) < 4.78 is 26.6. The lowest BCUT2D eigenvalue weighted by atomic mass is 10.1. The highest BCUT2D eigenvalue weighted by atomic mass is 32.2. The highest BCUT2D eigenvalue weighted by molar-refractivity contribution is 7.89. The summed E-state index contributed by atoms with van der Waals surface area (Å²) in [7, 11) is -3.51. The minimum atomic E-state index is -3.51. The SMILES string of the molecule is CCN(CC)S(=O)(=O)c1ccc(C(=O)NC2CCN(C(C)c3ccccc3)C2)cc1. The fraction of sp³-hybridized carbons (Fsp3) is 0.435. The summed E-state index contributed by atoms with van der Waals surface area (Å²) in [4.78, 5) is 15.3. The molecule has 30 heavy (non-hydrogen) atoms. The van der Waals surface area contributed by atoms with E-state index in [1.165, 1.54) is 22.0 Å². The van der Waals surface area contributed by atoms with Crippen molar-refractivity contribution in [2.45, 2.75) is 44.2 Å². The molecule has 1 saturated heterocycles. The quantitative estimate of drug-likeness (QED) is 0.699. The number of rotatable bonds is 8. The van der Waals surface area contributed by atoms with Crippen molar-refractivity contribution in [3.05, 3.63) is 65.7 Å². The van der Waals surface area contributed by atoms with Crippen molar-refractivity contribution in [1.82, 2.24) is 14.5 Å². The van der Waals surface area contributed by atoms with E-state index in [9.17, 15) is 13.2 Å². The molecule has 1 heterocycles. The number of nitrogens with one attached hydrogen (secondary N) is 1. The molecular formula is C23H31N3O3S. The summed E-state index contributed by atoms with van der Waals surface area (Å²) in [5, 5.41) is 3.09. The van der Waals surface area contributed by atoms with Crippen LogP contribution in [0.15, 0.2) is 59.5 Å². The maximum Gasteiger partial charge on any atom is 0.251 e. The minimum Gasteiger partial charge on any atom is -0.348 e. The van der Waals surface area contributed by atoms with Gasteiger partial charge in [-0.05, 0) is 43.2 Å². The second-order valence-corrected chi connectivity index (χ2v) is 9.59. The van der Waals surface area contributed by atoms with Crippen LogP contribution >= 0.6 is 0 Å². The minimum absolute atomic E-state index is 0.0859. The number of hydrogen-bond donors (Lipinski definition) is 1. The van der Waals surface area contributed by atoms with Crippen LogP contribution < -0.4 is 5.32 Å². The predicted octanol–water partition coefficient (Wildman–Crippen LogP) is 3.28. The molecule has 2 aromatic rings. The maximum atomic E-state index is 12.7. The number of likely N-dealkylation sites (tertiary alicyclic amines) is 1. The molecule has 2 aromatic carbocycles. The fourth-order valence-electron chi connectivity index (χ4n) is 3.96. The summed E-state index contributed by atoms with van der Waals surface area (Å²) in [6.07, 6.45) is 0.900. The van der Waals surface area contributed by atoms with Crippen molar-refractivity contribution in [2.75, 3.05) is 26.2 Å². The van der Waals surface area contributed by atoms with Gasteiger partial charge in [-0.1, -0.05) is 44.2 Å². The van der Waals surface area contributed by atoms with Gasteiger partial charge in [-0.15, -0.1) is 0 Å². The van der Waals surface area contributed by atoms with E-state index in [1.54, 1.807) is 12.1 Å². The van der Waals surface area contributed by atoms with E-state index < -0.39 is 10.0 Å². The van der Waals surface area contributed by atoms with Crippen molar-refractivity contribution in [3.63, 3.8) is 0 Å². The van der Waals surface area contributed by atoms with E-state index in [1.807, 2.05) is 32.0 Å². The largest absolute Gasteiger partial charge is 0.348 e. The summed E-state index contributed by atoms with van der Waals surface area (Å²) >= 11 is 0. The van der Waals surface area contributed by atoms with Crippen LogP contribution in [0, 0.1) is 0 Å². The zero-order valence-electron chi connectivity index (χ0n) is 17.9. The molecule has 1 N–H and O–H groups in total. The third-order valence-electron chi connectivity index (χ3n) is 5.84. The van der Waals surface area contributed by atoms with Gasteiger partial charge in [-0.3, -0.25) is 9.69 Å². The van der Waals surface area contributed by atoms with Crippen LogP contribution in [0.2, 0.25) is 0 Å². The summed E-state index contributed by atoms with van der Waals surface area (Å²) in [6.45, 7) is 8.38. The van der Waals surface area contributed by atoms with Crippen LogP contribution in [0.4, 0.5) is 0 Å². The van der Waals surface area contributed by atoms with Crippen LogP contribution in [0.25, 0.3) is 0 Å². The molecule has 1 aliphatic rings. The lowest BCUT2D eigenvalue weighted by Gasteiger charge is -2.24. The molecule has 6 nitrogen and oxygen atoms in total. The van der Waals surface area contributed by atoms with E-state index in [-0.39, 0.29) is 16.8 Å². The first-order chi connectivity index (χ1) is 14.4. The monoisotopic (exact) mass is 429 g/mol. The van der Waals surface area contributed by atoms with Gasteiger partial charge in [-0.2, -0.15) is 4.31 Å². The second kappa shape index (κ2) is 9.73. The van der Waals surface area contributed by atoms with E-state index in [2.05, 4.69) is 29.3 Å². The Balaban J connectivity index is 1.60. The highest BCUT2D eigenvalue weighted by Gasteiger charge is 2.28. The Morgan fingerprint density at radius 2 is 1.73 bits per heavy atom. The number of carbonyl (C=O) groups is 1. The second-order valence-electron chi connectivity index (χ2n) is 7.65. The first-order valence-corrected chi connectivity index (χ1v) is 12.0. The number of benzene rings is 2. The molecule has 1 fully saturated rings. The Kier molecular flexibility index (Phi) is 7.28. The molecule has 0 spiro atoms. The van der Waals surface area contributed by atoms with Crippen molar-refractivity contribution in [3.8, 4) is 0 Å². The van der Waals surface area contributed by atoms with Gasteiger partial charge in [0.2, 0.25) is 10.0 Å². The molecule has 0 saturated carbocycles. The van der Waals surface area contributed by atoms with Crippen molar-refractivity contribution in [2.24, 2.45) is 0 Å². The Labute approximate surface area is 179 Å². The predicted molar refractivity (Wildman–Crippen MR) is 119 cm³/mol. The van der Waals surface area contributed by atoms with E-state index in [0.29, 0.717) is 24.7 Å². The number of carbonyl (C=O) groups excluding carboxylic acids is 1. The van der Waals surface area contributed by atoms with Gasteiger partial charge >= 0.3 is 0 Å². The molecule has 7 heteroatoms. The third-order valence-corrected chi connectivity index (χ3v) is 7.91. The Hall–Kier alpha value is -2.22. The van der Waals surface area contributed by atoms with Crippen LogP contribution in [0.1, 0.15) is 49.2 Å². The van der Waals surface area contributed by atoms with Crippen molar-refractivity contribution >= 4 is 15.9 Å². The number of hydrogen-bond acceptors (Lipinski definition) is 4. The Morgan fingerprint density at radius 1 is 1.10 bits per heavy atom. The smallest absolute Gasteiger partial charge is 0.251 e. The van der Waals surface area contributed by atoms with Gasteiger partial charge in [0.05, 0.1) is 4.90 Å². The zero-order chi connectivity index (χ0) is 21.7. The van der Waals surface area contributed by atoms with Crippen LogP contribution in [-0.4, -0.2) is 55.8 Å². The number of nitrogens with zero attached hydrogens (tertiary/aromatic N) is 2. The molecule has 162 valence electrons. The number of sulfonamides is 1. The Morgan fingerprint density at radius 3 is 2.33 bits per heavy atom. The Bertz CT molecular complexity index is 941. The average molecular weight is 430 g/mol. The molecule has 0 bridgehead atoms. The molecule has 1 amide bonds. The molecule has 3 rings (SSSR count). The first-order valence-electron chi connectivity index (χ1n) is 10.6. The highest BCUT2D eigenvalue weighted by Crippen LogP contribution is 2.24.